The maximum absolute atomic E-state index is 12.9. The van der Waals surface area contributed by atoms with Crippen molar-refractivity contribution in [2.45, 2.75) is 57.9 Å². The van der Waals surface area contributed by atoms with E-state index in [1.165, 1.54) is 5.56 Å². The molecule has 0 saturated heterocycles. The van der Waals surface area contributed by atoms with E-state index >= 15 is 0 Å². The molecule has 2 aromatic rings. The van der Waals surface area contributed by atoms with Crippen LogP contribution in [0.25, 0.3) is 11.4 Å². The Hall–Kier alpha value is -2.62. The fourth-order valence-corrected chi connectivity index (χ4v) is 4.13. The fraction of sp³-hybridized carbons (Fsp3) is 0.417. The highest BCUT2D eigenvalue weighted by Crippen LogP contribution is 2.33. The molecule has 1 aromatic carbocycles. The molecular formula is C24H29N3O. The van der Waals surface area contributed by atoms with Gasteiger partial charge in [-0.25, -0.2) is 4.98 Å². The zero-order chi connectivity index (χ0) is 19.7. The molecule has 4 nitrogen and oxygen atoms in total. The number of hydrogen-bond acceptors (Lipinski definition) is 3. The first kappa shape index (κ1) is 18.7. The Balaban J connectivity index is 1.69. The predicted octanol–water partition coefficient (Wildman–Crippen LogP) is 5.10. The van der Waals surface area contributed by atoms with Crippen LogP contribution in [0.2, 0.25) is 0 Å². The highest BCUT2D eigenvalue weighted by atomic mass is 16.1. The van der Waals surface area contributed by atoms with Crippen molar-refractivity contribution < 1.29 is 0 Å². The van der Waals surface area contributed by atoms with Crippen LogP contribution in [0.5, 0.6) is 0 Å². The SMILES string of the molecule is C=C(C)N1Cc2c(nc(-c3ccc(C4C=CC4)cc3)[nH]c2=O)C(CCCC)C1. The van der Waals surface area contributed by atoms with Crippen molar-refractivity contribution in [3.8, 4) is 11.4 Å². The van der Waals surface area contributed by atoms with Gasteiger partial charge in [0.05, 0.1) is 11.3 Å². The Morgan fingerprint density at radius 3 is 2.68 bits per heavy atom. The smallest absolute Gasteiger partial charge is 0.256 e. The second kappa shape index (κ2) is 7.78. The summed E-state index contributed by atoms with van der Waals surface area (Å²) >= 11 is 0. The molecule has 0 bridgehead atoms. The van der Waals surface area contributed by atoms with Crippen molar-refractivity contribution in [2.75, 3.05) is 6.54 Å². The third-order valence-electron chi connectivity index (χ3n) is 6.04. The van der Waals surface area contributed by atoms with E-state index in [1.807, 2.05) is 6.92 Å². The monoisotopic (exact) mass is 375 g/mol. The molecule has 146 valence electrons. The molecular weight excluding hydrogens is 346 g/mol. The molecule has 4 heteroatoms. The zero-order valence-electron chi connectivity index (χ0n) is 16.9. The van der Waals surface area contributed by atoms with Crippen molar-refractivity contribution in [3.05, 3.63) is 75.9 Å². The van der Waals surface area contributed by atoms with Crippen LogP contribution >= 0.6 is 0 Å². The molecule has 1 aromatic heterocycles. The summed E-state index contributed by atoms with van der Waals surface area (Å²) in [6, 6.07) is 8.47. The number of H-pyrrole nitrogens is 1. The number of nitrogens with one attached hydrogen (secondary N) is 1. The van der Waals surface area contributed by atoms with E-state index in [2.05, 4.69) is 59.8 Å². The molecule has 1 aliphatic carbocycles. The second-order valence-electron chi connectivity index (χ2n) is 8.13. The van der Waals surface area contributed by atoms with Crippen LogP contribution in [0.15, 0.2) is 53.5 Å². The topological polar surface area (TPSA) is 49.0 Å². The lowest BCUT2D eigenvalue weighted by Gasteiger charge is -2.35. The van der Waals surface area contributed by atoms with Crippen molar-refractivity contribution in [1.82, 2.24) is 14.9 Å². The second-order valence-corrected chi connectivity index (χ2v) is 8.13. The molecule has 2 aliphatic rings. The molecule has 0 fully saturated rings. The highest BCUT2D eigenvalue weighted by Gasteiger charge is 2.29. The Morgan fingerprint density at radius 2 is 2.07 bits per heavy atom. The molecule has 2 atom stereocenters. The zero-order valence-corrected chi connectivity index (χ0v) is 16.9. The van der Waals surface area contributed by atoms with E-state index in [1.54, 1.807) is 0 Å². The lowest BCUT2D eigenvalue weighted by Crippen LogP contribution is -2.37. The molecule has 4 rings (SSSR count). The van der Waals surface area contributed by atoms with Gasteiger partial charge in [-0.05, 0) is 25.3 Å². The number of benzene rings is 1. The van der Waals surface area contributed by atoms with Crippen LogP contribution < -0.4 is 5.56 Å². The van der Waals surface area contributed by atoms with E-state index in [0.717, 1.165) is 54.7 Å². The molecule has 2 heterocycles. The maximum atomic E-state index is 12.9. The summed E-state index contributed by atoms with van der Waals surface area (Å²) in [5.74, 6) is 1.50. The first-order valence-electron chi connectivity index (χ1n) is 10.4. The summed E-state index contributed by atoms with van der Waals surface area (Å²) in [6.07, 6.45) is 8.89. The van der Waals surface area contributed by atoms with Gasteiger partial charge in [0.15, 0.2) is 0 Å². The summed E-state index contributed by atoms with van der Waals surface area (Å²) in [4.78, 5) is 23.1. The van der Waals surface area contributed by atoms with Crippen molar-refractivity contribution in [3.63, 3.8) is 0 Å². The molecule has 2 unspecified atom stereocenters. The predicted molar refractivity (Wildman–Crippen MR) is 114 cm³/mol. The Kier molecular flexibility index (Phi) is 5.21. The maximum Gasteiger partial charge on any atom is 0.256 e. The van der Waals surface area contributed by atoms with E-state index in [0.29, 0.717) is 18.3 Å². The van der Waals surface area contributed by atoms with Crippen molar-refractivity contribution in [1.29, 1.82) is 0 Å². The third-order valence-corrected chi connectivity index (χ3v) is 6.04. The van der Waals surface area contributed by atoms with Gasteiger partial charge in [-0.2, -0.15) is 0 Å². The van der Waals surface area contributed by atoms with E-state index in [-0.39, 0.29) is 11.5 Å². The van der Waals surface area contributed by atoms with Crippen LogP contribution in [-0.4, -0.2) is 21.4 Å². The normalized spacial score (nSPS) is 20.6. The van der Waals surface area contributed by atoms with Gasteiger partial charge < -0.3 is 9.88 Å². The number of allylic oxidation sites excluding steroid dienone is 3. The minimum atomic E-state index is -0.0153. The van der Waals surface area contributed by atoms with E-state index in [4.69, 9.17) is 4.98 Å². The van der Waals surface area contributed by atoms with Crippen molar-refractivity contribution in [2.24, 2.45) is 0 Å². The van der Waals surface area contributed by atoms with Crippen molar-refractivity contribution >= 4 is 0 Å². The summed E-state index contributed by atoms with van der Waals surface area (Å²) in [5, 5.41) is 0. The highest BCUT2D eigenvalue weighted by molar-refractivity contribution is 5.56. The number of fused-ring (bicyclic) bond motifs is 1. The lowest BCUT2D eigenvalue weighted by atomic mass is 9.87. The Labute approximate surface area is 167 Å². The molecule has 0 radical (unpaired) electrons. The first-order valence-corrected chi connectivity index (χ1v) is 10.4. The number of aromatic amines is 1. The molecule has 28 heavy (non-hydrogen) atoms. The van der Waals surface area contributed by atoms with Gasteiger partial charge in [-0.15, -0.1) is 0 Å². The van der Waals surface area contributed by atoms with Gasteiger partial charge in [0.25, 0.3) is 5.56 Å². The standard InChI is InChI=1S/C24H29N3O/c1-4-5-7-20-14-27(16(2)3)15-21-22(20)25-23(26-24(21)28)19-12-10-18(11-13-19)17-8-6-9-17/h6,8,10-13,17,20H,2,4-5,7,9,14-15H2,1,3H3,(H,25,26,28). The number of aromatic nitrogens is 2. The first-order chi connectivity index (χ1) is 13.6. The van der Waals surface area contributed by atoms with Gasteiger partial charge >= 0.3 is 0 Å². The van der Waals surface area contributed by atoms with E-state index < -0.39 is 0 Å². The van der Waals surface area contributed by atoms with Gasteiger partial charge in [0.1, 0.15) is 5.82 Å². The lowest BCUT2D eigenvalue weighted by molar-refractivity contribution is 0.276. The fourth-order valence-electron chi connectivity index (χ4n) is 4.13. The minimum Gasteiger partial charge on any atom is -0.370 e. The third kappa shape index (κ3) is 3.56. The Bertz CT molecular complexity index is 955. The van der Waals surface area contributed by atoms with Gasteiger partial charge in [0.2, 0.25) is 0 Å². The quantitative estimate of drug-likeness (QED) is 0.714. The molecule has 0 saturated carbocycles. The number of nitrogens with zero attached hydrogens (tertiary/aromatic N) is 2. The molecule has 0 spiro atoms. The molecule has 0 amide bonds. The van der Waals surface area contributed by atoms with Gasteiger partial charge in [0, 0.05) is 36.2 Å². The summed E-state index contributed by atoms with van der Waals surface area (Å²) in [5.41, 5.74) is 5.08. The molecule has 1 N–H and O–H groups in total. The number of unbranched alkanes of at least 4 members (excludes halogenated alkanes) is 1. The number of hydrogen-bond donors (Lipinski definition) is 1. The number of rotatable bonds is 6. The summed E-state index contributed by atoms with van der Waals surface area (Å²) < 4.78 is 0. The molecule has 1 aliphatic heterocycles. The summed E-state index contributed by atoms with van der Waals surface area (Å²) in [7, 11) is 0. The van der Waals surface area contributed by atoms with Crippen LogP contribution in [0.3, 0.4) is 0 Å². The largest absolute Gasteiger partial charge is 0.370 e. The summed E-state index contributed by atoms with van der Waals surface area (Å²) in [6.45, 7) is 9.79. The average Bonchev–Trinajstić information content (AvgIpc) is 2.65. The average molecular weight is 376 g/mol. The van der Waals surface area contributed by atoms with Gasteiger partial charge in [-0.3, -0.25) is 4.79 Å². The Morgan fingerprint density at radius 1 is 1.32 bits per heavy atom. The minimum absolute atomic E-state index is 0.0153. The van der Waals surface area contributed by atoms with Crippen LogP contribution in [0, 0.1) is 0 Å². The van der Waals surface area contributed by atoms with Crippen LogP contribution in [-0.2, 0) is 6.54 Å². The van der Waals surface area contributed by atoms with E-state index in [9.17, 15) is 4.79 Å². The van der Waals surface area contributed by atoms with Crippen LogP contribution in [0.1, 0.15) is 68.2 Å². The van der Waals surface area contributed by atoms with Gasteiger partial charge in [-0.1, -0.05) is 62.8 Å². The van der Waals surface area contributed by atoms with Crippen LogP contribution in [0.4, 0.5) is 0 Å².